The molecule has 0 amide bonds. The SMILES string of the molecule is COc1ccc(OC)c(CNCc2c(C(=O)O)c(C)n(Cc3ccccc3F)c2C)c1. The van der Waals surface area contributed by atoms with E-state index in [0.29, 0.717) is 35.7 Å². The fraction of sp³-hybridized carbons (Fsp3) is 0.292. The zero-order chi connectivity index (χ0) is 22.5. The number of nitrogens with one attached hydrogen (secondary N) is 1. The predicted octanol–water partition coefficient (Wildman–Crippen LogP) is 4.30. The van der Waals surface area contributed by atoms with Crippen LogP contribution in [0, 0.1) is 19.7 Å². The summed E-state index contributed by atoms with van der Waals surface area (Å²) in [6, 6.07) is 12.1. The lowest BCUT2D eigenvalue weighted by Crippen LogP contribution is -2.16. The van der Waals surface area contributed by atoms with Gasteiger partial charge in [-0.1, -0.05) is 18.2 Å². The molecule has 6 nitrogen and oxygen atoms in total. The molecule has 0 radical (unpaired) electrons. The largest absolute Gasteiger partial charge is 0.497 e. The first kappa shape index (κ1) is 22.4. The molecule has 7 heteroatoms. The van der Waals surface area contributed by atoms with Crippen LogP contribution in [0.2, 0.25) is 0 Å². The number of aromatic carboxylic acids is 1. The van der Waals surface area contributed by atoms with E-state index < -0.39 is 5.97 Å². The number of benzene rings is 2. The summed E-state index contributed by atoms with van der Waals surface area (Å²) >= 11 is 0. The Morgan fingerprint density at radius 2 is 1.77 bits per heavy atom. The molecule has 2 N–H and O–H groups in total. The van der Waals surface area contributed by atoms with Crippen LogP contribution in [-0.2, 0) is 19.6 Å². The third kappa shape index (κ3) is 4.72. The number of carbonyl (C=O) groups is 1. The van der Waals surface area contributed by atoms with Gasteiger partial charge in [-0.15, -0.1) is 0 Å². The van der Waals surface area contributed by atoms with Crippen molar-refractivity contribution in [1.82, 2.24) is 9.88 Å². The molecule has 31 heavy (non-hydrogen) atoms. The Kier molecular flexibility index (Phi) is 6.97. The van der Waals surface area contributed by atoms with Crippen LogP contribution in [0.25, 0.3) is 0 Å². The number of ether oxygens (including phenoxy) is 2. The topological polar surface area (TPSA) is 72.7 Å². The molecular formula is C24H27FN2O4. The lowest BCUT2D eigenvalue weighted by Gasteiger charge is -2.12. The minimum absolute atomic E-state index is 0.249. The molecule has 0 atom stereocenters. The van der Waals surface area contributed by atoms with Crippen LogP contribution in [-0.4, -0.2) is 29.9 Å². The standard InChI is InChI=1S/C24H27FN2O4/c1-15-20(13-26-12-18-11-19(30-3)9-10-22(18)31-4)23(24(28)29)16(2)27(15)14-17-7-5-6-8-21(17)25/h5-11,26H,12-14H2,1-4H3,(H,28,29). The average molecular weight is 426 g/mol. The molecule has 0 unspecified atom stereocenters. The van der Waals surface area contributed by atoms with Crippen LogP contribution in [0.15, 0.2) is 42.5 Å². The molecule has 0 spiro atoms. The fourth-order valence-corrected chi connectivity index (χ4v) is 3.83. The van der Waals surface area contributed by atoms with E-state index in [-0.39, 0.29) is 17.9 Å². The second kappa shape index (κ2) is 9.66. The van der Waals surface area contributed by atoms with Gasteiger partial charge >= 0.3 is 5.97 Å². The average Bonchev–Trinajstić information content (AvgIpc) is 2.99. The Morgan fingerprint density at radius 1 is 1.03 bits per heavy atom. The normalized spacial score (nSPS) is 10.9. The van der Waals surface area contributed by atoms with Crippen molar-refractivity contribution in [2.45, 2.75) is 33.5 Å². The van der Waals surface area contributed by atoms with E-state index >= 15 is 0 Å². The number of halogens is 1. The third-order valence-corrected chi connectivity index (χ3v) is 5.52. The first-order chi connectivity index (χ1) is 14.9. The number of hydrogen-bond donors (Lipinski definition) is 2. The van der Waals surface area contributed by atoms with E-state index in [2.05, 4.69) is 5.32 Å². The Balaban J connectivity index is 1.86. The van der Waals surface area contributed by atoms with Crippen molar-refractivity contribution < 1.29 is 23.8 Å². The minimum Gasteiger partial charge on any atom is -0.497 e. The van der Waals surface area contributed by atoms with Gasteiger partial charge < -0.3 is 24.5 Å². The third-order valence-electron chi connectivity index (χ3n) is 5.52. The first-order valence-electron chi connectivity index (χ1n) is 9.94. The van der Waals surface area contributed by atoms with Gasteiger partial charge in [0.1, 0.15) is 17.3 Å². The summed E-state index contributed by atoms with van der Waals surface area (Å²) < 4.78 is 26.7. The summed E-state index contributed by atoms with van der Waals surface area (Å²) in [4.78, 5) is 12.0. The predicted molar refractivity (Wildman–Crippen MR) is 116 cm³/mol. The molecule has 3 rings (SSSR count). The molecule has 3 aromatic rings. The van der Waals surface area contributed by atoms with Gasteiger partial charge in [-0.3, -0.25) is 0 Å². The van der Waals surface area contributed by atoms with Gasteiger partial charge in [0, 0.05) is 41.2 Å². The molecular weight excluding hydrogens is 399 g/mol. The molecule has 0 aliphatic rings. The summed E-state index contributed by atoms with van der Waals surface area (Å²) in [7, 11) is 3.20. The summed E-state index contributed by atoms with van der Waals surface area (Å²) in [6.45, 7) is 4.71. The molecule has 0 saturated carbocycles. The van der Waals surface area contributed by atoms with Gasteiger partial charge in [-0.2, -0.15) is 0 Å². The van der Waals surface area contributed by atoms with Crippen molar-refractivity contribution >= 4 is 5.97 Å². The quantitative estimate of drug-likeness (QED) is 0.534. The Morgan fingerprint density at radius 3 is 2.42 bits per heavy atom. The number of nitrogens with zero attached hydrogens (tertiary/aromatic N) is 1. The Labute approximate surface area is 181 Å². The highest BCUT2D eigenvalue weighted by atomic mass is 19.1. The summed E-state index contributed by atoms with van der Waals surface area (Å²) in [5, 5.41) is 13.1. The van der Waals surface area contributed by atoms with Crippen molar-refractivity contribution in [2.24, 2.45) is 0 Å². The van der Waals surface area contributed by atoms with Crippen molar-refractivity contribution in [3.8, 4) is 11.5 Å². The molecule has 1 aromatic heterocycles. The van der Waals surface area contributed by atoms with E-state index in [1.807, 2.05) is 29.7 Å². The number of rotatable bonds is 9. The number of methoxy groups -OCH3 is 2. The maximum absolute atomic E-state index is 14.2. The lowest BCUT2D eigenvalue weighted by molar-refractivity contribution is 0.0694. The highest BCUT2D eigenvalue weighted by Gasteiger charge is 2.23. The molecule has 0 saturated heterocycles. The van der Waals surface area contributed by atoms with Crippen molar-refractivity contribution in [3.05, 3.63) is 81.9 Å². The van der Waals surface area contributed by atoms with Crippen molar-refractivity contribution in [2.75, 3.05) is 14.2 Å². The number of carboxylic acids is 1. The second-order valence-corrected chi connectivity index (χ2v) is 7.29. The summed E-state index contributed by atoms with van der Waals surface area (Å²) in [6.07, 6.45) is 0. The van der Waals surface area contributed by atoms with E-state index in [9.17, 15) is 14.3 Å². The molecule has 2 aromatic carbocycles. The molecule has 0 aliphatic heterocycles. The molecule has 0 aliphatic carbocycles. The van der Waals surface area contributed by atoms with Gasteiger partial charge in [-0.25, -0.2) is 9.18 Å². The van der Waals surface area contributed by atoms with E-state index in [0.717, 1.165) is 17.0 Å². The van der Waals surface area contributed by atoms with E-state index in [4.69, 9.17) is 9.47 Å². The van der Waals surface area contributed by atoms with Gasteiger partial charge in [0.2, 0.25) is 0 Å². The smallest absolute Gasteiger partial charge is 0.337 e. The highest BCUT2D eigenvalue weighted by molar-refractivity contribution is 5.91. The highest BCUT2D eigenvalue weighted by Crippen LogP contribution is 2.26. The number of carboxylic acid groups (broad SMARTS) is 1. The number of hydrogen-bond acceptors (Lipinski definition) is 4. The van der Waals surface area contributed by atoms with Crippen LogP contribution in [0.1, 0.15) is 38.4 Å². The Hall–Kier alpha value is -3.32. The van der Waals surface area contributed by atoms with Crippen molar-refractivity contribution in [3.63, 3.8) is 0 Å². The molecule has 0 fully saturated rings. The molecule has 1 heterocycles. The second-order valence-electron chi connectivity index (χ2n) is 7.29. The zero-order valence-electron chi connectivity index (χ0n) is 18.2. The van der Waals surface area contributed by atoms with Gasteiger partial charge in [0.15, 0.2) is 0 Å². The maximum atomic E-state index is 14.2. The monoisotopic (exact) mass is 426 g/mol. The first-order valence-corrected chi connectivity index (χ1v) is 9.94. The van der Waals surface area contributed by atoms with Crippen LogP contribution >= 0.6 is 0 Å². The molecule has 0 bridgehead atoms. The van der Waals surface area contributed by atoms with E-state index in [1.54, 1.807) is 39.3 Å². The van der Waals surface area contributed by atoms with Crippen LogP contribution in [0.3, 0.4) is 0 Å². The van der Waals surface area contributed by atoms with Crippen LogP contribution in [0.4, 0.5) is 4.39 Å². The summed E-state index contributed by atoms with van der Waals surface area (Å²) in [5.74, 6) is 0.129. The van der Waals surface area contributed by atoms with Crippen LogP contribution < -0.4 is 14.8 Å². The minimum atomic E-state index is -0.997. The fourth-order valence-electron chi connectivity index (χ4n) is 3.83. The van der Waals surface area contributed by atoms with Gasteiger partial charge in [-0.05, 0) is 38.1 Å². The van der Waals surface area contributed by atoms with E-state index in [1.165, 1.54) is 6.07 Å². The Bertz CT molecular complexity index is 1090. The van der Waals surface area contributed by atoms with Gasteiger partial charge in [0.05, 0.1) is 26.3 Å². The summed E-state index contributed by atoms with van der Waals surface area (Å²) in [5.41, 5.74) is 3.74. The van der Waals surface area contributed by atoms with Crippen LogP contribution in [0.5, 0.6) is 11.5 Å². The number of aromatic nitrogens is 1. The van der Waals surface area contributed by atoms with Gasteiger partial charge in [0.25, 0.3) is 0 Å². The lowest BCUT2D eigenvalue weighted by atomic mass is 10.1. The zero-order valence-corrected chi connectivity index (χ0v) is 18.2. The molecule has 164 valence electrons. The maximum Gasteiger partial charge on any atom is 0.337 e. The van der Waals surface area contributed by atoms with Crippen molar-refractivity contribution in [1.29, 1.82) is 0 Å².